The van der Waals surface area contributed by atoms with E-state index in [1.54, 1.807) is 6.20 Å². The Morgan fingerprint density at radius 2 is 1.77 bits per heavy atom. The van der Waals surface area contributed by atoms with Crippen molar-refractivity contribution in [3.63, 3.8) is 0 Å². The van der Waals surface area contributed by atoms with Crippen molar-refractivity contribution in [3.05, 3.63) is 24.5 Å². The summed E-state index contributed by atoms with van der Waals surface area (Å²) in [5.41, 5.74) is 0. The molecule has 0 bridgehead atoms. The van der Waals surface area contributed by atoms with Gasteiger partial charge in [-0.3, -0.25) is 0 Å². The molecule has 0 aromatic carbocycles. The Labute approximate surface area is 73.3 Å². The summed E-state index contributed by atoms with van der Waals surface area (Å²) in [6.07, 6.45) is 3.73. The SMILES string of the molecule is CC[n+]1ccccn1.F[B-](F)(F)F. The van der Waals surface area contributed by atoms with Gasteiger partial charge in [-0.1, -0.05) is 4.68 Å². The van der Waals surface area contributed by atoms with Gasteiger partial charge in [0, 0.05) is 6.07 Å². The molecule has 1 rings (SSSR count). The van der Waals surface area contributed by atoms with E-state index in [4.69, 9.17) is 0 Å². The lowest BCUT2D eigenvalue weighted by Gasteiger charge is -1.94. The quantitative estimate of drug-likeness (QED) is 0.379. The van der Waals surface area contributed by atoms with E-state index in [9.17, 15) is 17.3 Å². The van der Waals surface area contributed by atoms with E-state index < -0.39 is 7.25 Å². The summed E-state index contributed by atoms with van der Waals surface area (Å²) in [7, 11) is -6.00. The van der Waals surface area contributed by atoms with E-state index in [1.807, 2.05) is 23.0 Å². The van der Waals surface area contributed by atoms with Crippen molar-refractivity contribution in [2.75, 3.05) is 0 Å². The summed E-state index contributed by atoms with van der Waals surface area (Å²) >= 11 is 0. The van der Waals surface area contributed by atoms with E-state index in [1.165, 1.54) is 0 Å². The molecule has 74 valence electrons. The maximum Gasteiger partial charge on any atom is 0.673 e. The molecular weight excluding hydrogens is 187 g/mol. The van der Waals surface area contributed by atoms with Crippen molar-refractivity contribution in [1.82, 2.24) is 5.10 Å². The van der Waals surface area contributed by atoms with Crippen molar-refractivity contribution in [3.8, 4) is 0 Å². The summed E-state index contributed by atoms with van der Waals surface area (Å²) in [6, 6.07) is 3.88. The highest BCUT2D eigenvalue weighted by Crippen LogP contribution is 2.06. The molecule has 0 aliphatic carbocycles. The maximum atomic E-state index is 9.75. The molecule has 1 aromatic rings. The van der Waals surface area contributed by atoms with Crippen LogP contribution in [0.4, 0.5) is 17.3 Å². The van der Waals surface area contributed by atoms with Gasteiger partial charge in [-0.2, -0.15) is 0 Å². The van der Waals surface area contributed by atoms with Crippen LogP contribution in [0.25, 0.3) is 0 Å². The van der Waals surface area contributed by atoms with Crippen LogP contribution in [0.2, 0.25) is 0 Å². The number of hydrogen-bond acceptors (Lipinski definition) is 1. The van der Waals surface area contributed by atoms with Gasteiger partial charge in [0.25, 0.3) is 0 Å². The fourth-order valence-corrected chi connectivity index (χ4v) is 0.548. The number of halogens is 4. The molecule has 0 amide bonds. The monoisotopic (exact) mass is 196 g/mol. The minimum Gasteiger partial charge on any atom is -0.418 e. The molecule has 1 heterocycles. The van der Waals surface area contributed by atoms with Crippen LogP contribution in [0.3, 0.4) is 0 Å². The Hall–Kier alpha value is -1.14. The van der Waals surface area contributed by atoms with Crippen LogP contribution in [0.1, 0.15) is 6.92 Å². The summed E-state index contributed by atoms with van der Waals surface area (Å²) in [5, 5.41) is 4.01. The zero-order valence-electron chi connectivity index (χ0n) is 7.00. The van der Waals surface area contributed by atoms with Crippen LogP contribution >= 0.6 is 0 Å². The van der Waals surface area contributed by atoms with Crippen LogP contribution in [0.5, 0.6) is 0 Å². The van der Waals surface area contributed by atoms with E-state index in [0.717, 1.165) is 6.54 Å². The summed E-state index contributed by atoms with van der Waals surface area (Å²) in [5.74, 6) is 0. The molecule has 0 aliphatic heterocycles. The summed E-state index contributed by atoms with van der Waals surface area (Å²) in [6.45, 7) is 3.01. The highest BCUT2D eigenvalue weighted by atomic mass is 19.5. The third-order valence-electron chi connectivity index (χ3n) is 0.994. The summed E-state index contributed by atoms with van der Waals surface area (Å²) < 4.78 is 40.9. The molecule has 0 unspecified atom stereocenters. The fraction of sp³-hybridized carbons (Fsp3) is 0.333. The number of aromatic nitrogens is 2. The van der Waals surface area contributed by atoms with Crippen LogP contribution in [-0.2, 0) is 6.54 Å². The van der Waals surface area contributed by atoms with E-state index in [2.05, 4.69) is 12.0 Å². The van der Waals surface area contributed by atoms with Crippen molar-refractivity contribution in [1.29, 1.82) is 0 Å². The number of nitrogens with zero attached hydrogens (tertiary/aromatic N) is 2. The van der Waals surface area contributed by atoms with Gasteiger partial charge in [0.2, 0.25) is 0 Å². The second kappa shape index (κ2) is 5.50. The number of hydrogen-bond donors (Lipinski definition) is 0. The van der Waals surface area contributed by atoms with Gasteiger partial charge in [0.15, 0.2) is 12.7 Å². The molecular formula is C6H9BF4N2. The first kappa shape index (κ1) is 11.9. The molecule has 0 saturated heterocycles. The van der Waals surface area contributed by atoms with E-state index >= 15 is 0 Å². The minimum atomic E-state index is -6.00. The number of rotatable bonds is 1. The Morgan fingerprint density at radius 1 is 1.23 bits per heavy atom. The molecule has 7 heteroatoms. The van der Waals surface area contributed by atoms with Gasteiger partial charge in [-0.15, -0.1) is 0 Å². The van der Waals surface area contributed by atoms with Crippen molar-refractivity contribution < 1.29 is 21.9 Å². The molecule has 0 radical (unpaired) electrons. The predicted molar refractivity (Wildman–Crippen MR) is 40.3 cm³/mol. The molecule has 13 heavy (non-hydrogen) atoms. The zero-order chi connectivity index (χ0) is 10.3. The highest BCUT2D eigenvalue weighted by molar-refractivity contribution is 6.50. The minimum absolute atomic E-state index is 0.945. The van der Waals surface area contributed by atoms with Gasteiger partial charge >= 0.3 is 7.25 Å². The van der Waals surface area contributed by atoms with Gasteiger partial charge < -0.3 is 17.3 Å². The third-order valence-corrected chi connectivity index (χ3v) is 0.994. The lowest BCUT2D eigenvalue weighted by atomic mass is 10.3. The highest BCUT2D eigenvalue weighted by Gasteiger charge is 2.20. The average molecular weight is 196 g/mol. The molecule has 0 spiro atoms. The van der Waals surface area contributed by atoms with E-state index in [0.29, 0.717) is 0 Å². The lowest BCUT2D eigenvalue weighted by Crippen LogP contribution is -2.35. The first-order chi connectivity index (χ1) is 5.93. The van der Waals surface area contributed by atoms with Crippen LogP contribution < -0.4 is 4.68 Å². The molecule has 1 aromatic heterocycles. The topological polar surface area (TPSA) is 16.8 Å². The Balaban J connectivity index is 0.000000252. The van der Waals surface area contributed by atoms with Crippen LogP contribution in [-0.4, -0.2) is 12.4 Å². The fourth-order valence-electron chi connectivity index (χ4n) is 0.548. The Bertz CT molecular complexity index is 220. The van der Waals surface area contributed by atoms with E-state index in [-0.39, 0.29) is 0 Å². The lowest BCUT2D eigenvalue weighted by molar-refractivity contribution is -0.750. The second-order valence-electron chi connectivity index (χ2n) is 2.05. The van der Waals surface area contributed by atoms with Gasteiger partial charge in [0.05, 0.1) is 6.20 Å². The largest absolute Gasteiger partial charge is 0.673 e. The second-order valence-corrected chi connectivity index (χ2v) is 2.05. The molecule has 0 saturated carbocycles. The molecule has 0 N–H and O–H groups in total. The first-order valence-corrected chi connectivity index (χ1v) is 3.61. The third kappa shape index (κ3) is 10.9. The van der Waals surface area contributed by atoms with Gasteiger partial charge in [0.1, 0.15) is 0 Å². The van der Waals surface area contributed by atoms with Crippen molar-refractivity contribution >= 4 is 7.25 Å². The molecule has 2 nitrogen and oxygen atoms in total. The first-order valence-electron chi connectivity index (χ1n) is 3.61. The molecule has 0 atom stereocenters. The van der Waals surface area contributed by atoms with Crippen LogP contribution in [0, 0.1) is 0 Å². The number of aryl methyl sites for hydroxylation is 1. The predicted octanol–water partition coefficient (Wildman–Crippen LogP) is 1.69. The normalized spacial score (nSPS) is 10.2. The Morgan fingerprint density at radius 3 is 2.00 bits per heavy atom. The zero-order valence-corrected chi connectivity index (χ0v) is 7.00. The smallest absolute Gasteiger partial charge is 0.418 e. The summed E-state index contributed by atoms with van der Waals surface area (Å²) in [4.78, 5) is 0. The van der Waals surface area contributed by atoms with Crippen molar-refractivity contribution in [2.45, 2.75) is 13.5 Å². The van der Waals surface area contributed by atoms with Gasteiger partial charge in [-0.25, -0.2) is 0 Å². The standard InChI is InChI=1S/C6H9N2.BF4/c1-2-8-6-4-3-5-7-8;2-1(3,4)5/h3-6H,2H2,1H3;/q+1;-1. The maximum absolute atomic E-state index is 9.75. The Kier molecular flexibility index (Phi) is 5.02. The molecule has 0 fully saturated rings. The van der Waals surface area contributed by atoms with Crippen molar-refractivity contribution in [2.24, 2.45) is 0 Å². The average Bonchev–Trinajstić information content (AvgIpc) is 2.03. The van der Waals surface area contributed by atoms with Crippen LogP contribution in [0.15, 0.2) is 24.5 Å². The molecule has 0 aliphatic rings. The van der Waals surface area contributed by atoms with Gasteiger partial charge in [-0.05, 0) is 18.1 Å².